The van der Waals surface area contributed by atoms with Gasteiger partial charge in [0.1, 0.15) is 10.7 Å². The van der Waals surface area contributed by atoms with Crippen LogP contribution in [0.25, 0.3) is 11.1 Å². The average Bonchev–Trinajstić information content (AvgIpc) is 2.84. The highest BCUT2D eigenvalue weighted by Crippen LogP contribution is 2.35. The lowest BCUT2D eigenvalue weighted by Gasteiger charge is -2.32. The van der Waals surface area contributed by atoms with E-state index in [0.717, 1.165) is 22.5 Å². The average molecular weight is 539 g/mol. The lowest BCUT2D eigenvalue weighted by atomic mass is 10.0. The Kier molecular flexibility index (Phi) is 7.17. The number of benzene rings is 2. The number of hydrogen-bond donors (Lipinski definition) is 2. The highest BCUT2D eigenvalue weighted by atomic mass is 32.2. The van der Waals surface area contributed by atoms with E-state index in [9.17, 15) is 30.8 Å². The van der Waals surface area contributed by atoms with Crippen molar-refractivity contribution in [2.75, 3.05) is 44.3 Å². The molecule has 1 saturated heterocycles. The summed E-state index contributed by atoms with van der Waals surface area (Å²) in [6, 6.07) is 5.45. The van der Waals surface area contributed by atoms with E-state index < -0.39 is 49.6 Å². The third kappa shape index (κ3) is 5.70. The first kappa shape index (κ1) is 26.4. The molecule has 196 valence electrons. The van der Waals surface area contributed by atoms with E-state index in [1.807, 2.05) is 11.9 Å². The maximum Gasteiger partial charge on any atom is 0.416 e. The Balaban J connectivity index is 1.73. The number of halogens is 4. The van der Waals surface area contributed by atoms with Crippen LogP contribution >= 0.6 is 0 Å². The molecule has 0 radical (unpaired) electrons. The van der Waals surface area contributed by atoms with Crippen LogP contribution in [0.1, 0.15) is 15.9 Å². The molecule has 1 aromatic heterocycles. The van der Waals surface area contributed by atoms with E-state index in [1.165, 1.54) is 18.5 Å². The van der Waals surface area contributed by atoms with Crippen LogP contribution in [0.15, 0.2) is 53.7 Å². The van der Waals surface area contributed by atoms with Crippen molar-refractivity contribution in [3.63, 3.8) is 0 Å². The van der Waals surface area contributed by atoms with Gasteiger partial charge >= 0.3 is 6.18 Å². The topological polar surface area (TPSA) is 122 Å². The number of amides is 1. The first-order valence-corrected chi connectivity index (χ1v) is 12.4. The number of nitrogens with zero attached hydrogens (tertiary/aromatic N) is 4. The van der Waals surface area contributed by atoms with Gasteiger partial charge in [0, 0.05) is 44.1 Å². The molecular weight excluding hydrogens is 516 g/mol. The summed E-state index contributed by atoms with van der Waals surface area (Å²) >= 11 is 0. The number of piperazine rings is 1. The van der Waals surface area contributed by atoms with Gasteiger partial charge in [-0.15, -0.1) is 0 Å². The van der Waals surface area contributed by atoms with Gasteiger partial charge in [-0.2, -0.15) is 17.5 Å². The van der Waals surface area contributed by atoms with Gasteiger partial charge in [-0.3, -0.25) is 4.79 Å². The third-order valence-corrected chi connectivity index (χ3v) is 7.81. The summed E-state index contributed by atoms with van der Waals surface area (Å²) in [5.41, 5.74) is 3.90. The van der Waals surface area contributed by atoms with Gasteiger partial charge in [0.15, 0.2) is 0 Å². The fourth-order valence-electron chi connectivity index (χ4n) is 3.75. The maximum absolute atomic E-state index is 14.6. The van der Waals surface area contributed by atoms with Gasteiger partial charge in [0.05, 0.1) is 16.8 Å². The monoisotopic (exact) mass is 538 g/mol. The molecule has 4 rings (SSSR count). The zero-order valence-corrected chi connectivity index (χ0v) is 20.3. The SMILES string of the molecule is CN1CCN(S(=O)(=O)c2ccc(C(F)(F)F)cc2NC(=O)c2cc(-c3cnc(N)nc3)ccc2F)CC1. The molecule has 37 heavy (non-hydrogen) atoms. The molecule has 3 aromatic rings. The standard InChI is InChI=1S/C23H22F4N6O3S/c1-32-6-8-33(9-7-32)37(35,36)20-5-3-16(23(25,26)27)11-19(20)31-21(34)17-10-14(2-4-18(17)24)15-12-29-22(28)30-13-15/h2-5,10-13H,6-9H2,1H3,(H,31,34)(H2,28,29,30). The minimum atomic E-state index is -4.81. The number of sulfonamides is 1. The molecule has 0 atom stereocenters. The van der Waals surface area contributed by atoms with Crippen molar-refractivity contribution in [1.29, 1.82) is 0 Å². The van der Waals surface area contributed by atoms with E-state index in [-0.39, 0.29) is 19.0 Å². The number of nitrogens with two attached hydrogens (primary N) is 1. The fourth-order valence-corrected chi connectivity index (χ4v) is 5.30. The highest BCUT2D eigenvalue weighted by Gasteiger charge is 2.35. The third-order valence-electron chi connectivity index (χ3n) is 5.85. The first-order valence-electron chi connectivity index (χ1n) is 10.9. The van der Waals surface area contributed by atoms with Crippen molar-refractivity contribution in [2.45, 2.75) is 11.1 Å². The largest absolute Gasteiger partial charge is 0.416 e. The fraction of sp³-hybridized carbons (Fsp3) is 0.261. The van der Waals surface area contributed by atoms with E-state index in [2.05, 4.69) is 15.3 Å². The number of rotatable bonds is 5. The number of nitrogen functional groups attached to an aromatic ring is 1. The Hall–Kier alpha value is -3.62. The summed E-state index contributed by atoms with van der Waals surface area (Å²) in [6.07, 6.45) is -2.11. The van der Waals surface area contributed by atoms with E-state index in [0.29, 0.717) is 36.3 Å². The maximum atomic E-state index is 14.6. The van der Waals surface area contributed by atoms with Crippen molar-refractivity contribution < 1.29 is 30.8 Å². The highest BCUT2D eigenvalue weighted by molar-refractivity contribution is 7.89. The minimum Gasteiger partial charge on any atom is -0.368 e. The minimum absolute atomic E-state index is 0.00228. The number of aromatic nitrogens is 2. The number of hydrogen-bond acceptors (Lipinski definition) is 7. The number of likely N-dealkylation sites (N-methyl/N-ethyl adjacent to an activating group) is 1. The van der Waals surface area contributed by atoms with Gasteiger partial charge in [0.2, 0.25) is 16.0 Å². The Labute approximate surface area is 210 Å². The molecule has 3 N–H and O–H groups in total. The number of alkyl halides is 3. The predicted octanol–water partition coefficient (Wildman–Crippen LogP) is 3.07. The zero-order valence-electron chi connectivity index (χ0n) is 19.5. The van der Waals surface area contributed by atoms with Gasteiger partial charge in [-0.05, 0) is 42.9 Å². The normalized spacial score (nSPS) is 15.5. The molecule has 1 amide bonds. The molecule has 0 bridgehead atoms. The summed E-state index contributed by atoms with van der Waals surface area (Å²) in [5.74, 6) is -2.10. The molecular formula is C23H22F4N6O3S. The Morgan fingerprint density at radius 3 is 2.27 bits per heavy atom. The second kappa shape index (κ2) is 10.0. The molecule has 0 unspecified atom stereocenters. The van der Waals surface area contributed by atoms with Crippen LogP contribution in [0, 0.1) is 5.82 Å². The lowest BCUT2D eigenvalue weighted by molar-refractivity contribution is -0.137. The second-order valence-corrected chi connectivity index (χ2v) is 10.3. The molecule has 14 heteroatoms. The number of carbonyl (C=O) groups excluding carboxylic acids is 1. The van der Waals surface area contributed by atoms with Crippen LogP contribution in [0.2, 0.25) is 0 Å². The molecule has 1 fully saturated rings. The molecule has 2 heterocycles. The molecule has 0 saturated carbocycles. The number of anilines is 2. The summed E-state index contributed by atoms with van der Waals surface area (Å²) in [6.45, 7) is 1.09. The van der Waals surface area contributed by atoms with Crippen LogP contribution in [0.5, 0.6) is 0 Å². The first-order chi connectivity index (χ1) is 17.4. The summed E-state index contributed by atoms with van der Waals surface area (Å²) in [7, 11) is -2.46. The summed E-state index contributed by atoms with van der Waals surface area (Å²) < 4.78 is 82.6. The Bertz CT molecular complexity index is 1420. The molecule has 9 nitrogen and oxygen atoms in total. The van der Waals surface area contributed by atoms with Crippen LogP contribution < -0.4 is 11.1 Å². The van der Waals surface area contributed by atoms with Gasteiger partial charge < -0.3 is 16.0 Å². The summed E-state index contributed by atoms with van der Waals surface area (Å²) in [5, 5.41) is 2.18. The van der Waals surface area contributed by atoms with Crippen LogP contribution in [0.4, 0.5) is 29.2 Å². The van der Waals surface area contributed by atoms with Crippen molar-refractivity contribution >= 4 is 27.6 Å². The molecule has 0 aliphatic carbocycles. The summed E-state index contributed by atoms with van der Waals surface area (Å²) in [4.78, 5) is 22.1. The van der Waals surface area contributed by atoms with Crippen LogP contribution in [-0.4, -0.2) is 66.7 Å². The number of nitrogens with one attached hydrogen (secondary N) is 1. The van der Waals surface area contributed by atoms with Crippen LogP contribution in [0.3, 0.4) is 0 Å². The molecule has 1 aliphatic rings. The van der Waals surface area contributed by atoms with Gasteiger partial charge in [-0.1, -0.05) is 6.07 Å². The molecule has 0 spiro atoms. The second-order valence-electron chi connectivity index (χ2n) is 8.39. The van der Waals surface area contributed by atoms with E-state index >= 15 is 0 Å². The van der Waals surface area contributed by atoms with E-state index in [4.69, 9.17) is 5.73 Å². The quantitative estimate of drug-likeness (QED) is 0.479. The zero-order chi connectivity index (χ0) is 27.0. The molecule has 2 aromatic carbocycles. The van der Waals surface area contributed by atoms with Gasteiger partial charge in [0.25, 0.3) is 5.91 Å². The van der Waals surface area contributed by atoms with Gasteiger partial charge in [-0.25, -0.2) is 22.8 Å². The van der Waals surface area contributed by atoms with E-state index in [1.54, 1.807) is 0 Å². The smallest absolute Gasteiger partial charge is 0.368 e. The van der Waals surface area contributed by atoms with Crippen molar-refractivity contribution in [3.05, 3.63) is 65.7 Å². The van der Waals surface area contributed by atoms with Crippen molar-refractivity contribution in [1.82, 2.24) is 19.2 Å². The lowest BCUT2D eigenvalue weighted by Crippen LogP contribution is -2.47. The Morgan fingerprint density at radius 1 is 1.00 bits per heavy atom. The Morgan fingerprint density at radius 2 is 1.65 bits per heavy atom. The molecule has 1 aliphatic heterocycles. The van der Waals surface area contributed by atoms with Crippen molar-refractivity contribution in [2.24, 2.45) is 0 Å². The number of carbonyl (C=O) groups is 1. The van der Waals surface area contributed by atoms with Crippen LogP contribution in [-0.2, 0) is 16.2 Å². The predicted molar refractivity (Wildman–Crippen MR) is 127 cm³/mol. The van der Waals surface area contributed by atoms with Crippen molar-refractivity contribution in [3.8, 4) is 11.1 Å².